The number of hydrogen-bond acceptors (Lipinski definition) is 3. The number of piperazine rings is 1. The summed E-state index contributed by atoms with van der Waals surface area (Å²) < 4.78 is 0. The van der Waals surface area contributed by atoms with Gasteiger partial charge in [-0.3, -0.25) is 4.79 Å². The van der Waals surface area contributed by atoms with Gasteiger partial charge in [0.15, 0.2) is 0 Å². The van der Waals surface area contributed by atoms with Crippen molar-refractivity contribution >= 4 is 24.6 Å². The van der Waals surface area contributed by atoms with Gasteiger partial charge in [0.2, 0.25) is 5.91 Å². The molecule has 0 bridgehead atoms. The monoisotopic (exact) mass is 229 g/mol. The van der Waals surface area contributed by atoms with Crippen LogP contribution in [0.2, 0.25) is 0 Å². The third kappa shape index (κ3) is 1.90. The van der Waals surface area contributed by atoms with E-state index in [0.29, 0.717) is 26.2 Å². The van der Waals surface area contributed by atoms with Crippen LogP contribution in [0.15, 0.2) is 0 Å². The second kappa shape index (κ2) is 3.92. The topological polar surface area (TPSA) is 52.7 Å². The number of amides is 3. The highest BCUT2D eigenvalue weighted by atomic mass is 32.1. The lowest BCUT2D eigenvalue weighted by atomic mass is 10.2. The highest BCUT2D eigenvalue weighted by Gasteiger charge is 2.37. The van der Waals surface area contributed by atoms with Gasteiger partial charge < -0.3 is 15.1 Å². The molecule has 6 heteroatoms. The number of urea groups is 1. The van der Waals surface area contributed by atoms with Gasteiger partial charge in [-0.1, -0.05) is 0 Å². The van der Waals surface area contributed by atoms with Gasteiger partial charge in [0.1, 0.15) is 0 Å². The maximum atomic E-state index is 11.7. The molecule has 2 rings (SSSR count). The first-order valence-electron chi connectivity index (χ1n) is 5.11. The molecular weight excluding hydrogens is 214 g/mol. The van der Waals surface area contributed by atoms with E-state index in [4.69, 9.17) is 0 Å². The standard InChI is InChI=1S/C9H15N3O2S/c1-6(15)8(13)11-2-3-12-7(5-11)4-10-9(12)14/h6-7,15H,2-5H2,1H3,(H,10,14). The van der Waals surface area contributed by atoms with E-state index in [2.05, 4.69) is 17.9 Å². The molecule has 5 nitrogen and oxygen atoms in total. The lowest BCUT2D eigenvalue weighted by molar-refractivity contribution is -0.132. The zero-order valence-electron chi connectivity index (χ0n) is 8.64. The Bertz CT molecular complexity index is 295. The highest BCUT2D eigenvalue weighted by molar-refractivity contribution is 7.81. The molecule has 2 heterocycles. The fraction of sp³-hybridized carbons (Fsp3) is 0.778. The van der Waals surface area contributed by atoms with E-state index in [1.165, 1.54) is 0 Å². The normalized spacial score (nSPS) is 27.3. The number of thiol groups is 1. The van der Waals surface area contributed by atoms with E-state index in [1.807, 2.05) is 0 Å². The van der Waals surface area contributed by atoms with Crippen molar-refractivity contribution in [3.8, 4) is 0 Å². The fourth-order valence-electron chi connectivity index (χ4n) is 2.07. The molecule has 0 radical (unpaired) electrons. The van der Waals surface area contributed by atoms with Crippen molar-refractivity contribution in [2.75, 3.05) is 26.2 Å². The van der Waals surface area contributed by atoms with Crippen LogP contribution >= 0.6 is 12.6 Å². The van der Waals surface area contributed by atoms with Crippen LogP contribution in [0.3, 0.4) is 0 Å². The van der Waals surface area contributed by atoms with E-state index >= 15 is 0 Å². The van der Waals surface area contributed by atoms with E-state index in [1.54, 1.807) is 16.7 Å². The summed E-state index contributed by atoms with van der Waals surface area (Å²) in [6, 6.07) is 0.133. The largest absolute Gasteiger partial charge is 0.338 e. The average Bonchev–Trinajstić information content (AvgIpc) is 2.59. The SMILES string of the molecule is CC(S)C(=O)N1CCN2C(=O)NCC2C1. The molecule has 2 saturated heterocycles. The first-order chi connectivity index (χ1) is 7.09. The smallest absolute Gasteiger partial charge is 0.317 e. The number of nitrogens with zero attached hydrogens (tertiary/aromatic N) is 2. The molecule has 2 aliphatic rings. The van der Waals surface area contributed by atoms with Gasteiger partial charge in [-0.15, -0.1) is 0 Å². The lowest BCUT2D eigenvalue weighted by Crippen LogP contribution is -2.54. The predicted octanol–water partition coefficient (Wildman–Crippen LogP) is -0.459. The molecule has 2 atom stereocenters. The molecule has 15 heavy (non-hydrogen) atoms. The van der Waals surface area contributed by atoms with Crippen LogP contribution in [-0.4, -0.2) is 59.2 Å². The van der Waals surface area contributed by atoms with Crippen LogP contribution in [0, 0.1) is 0 Å². The first-order valence-corrected chi connectivity index (χ1v) is 5.62. The maximum Gasteiger partial charge on any atom is 0.317 e. The molecule has 2 aliphatic heterocycles. The lowest BCUT2D eigenvalue weighted by Gasteiger charge is -2.37. The minimum atomic E-state index is -0.262. The number of fused-ring (bicyclic) bond motifs is 1. The zero-order chi connectivity index (χ0) is 11.0. The molecule has 0 aromatic rings. The molecule has 2 unspecified atom stereocenters. The van der Waals surface area contributed by atoms with Gasteiger partial charge in [0.05, 0.1) is 11.3 Å². The van der Waals surface area contributed by atoms with Gasteiger partial charge in [-0.2, -0.15) is 12.6 Å². The summed E-state index contributed by atoms with van der Waals surface area (Å²) in [5.41, 5.74) is 0. The molecular formula is C9H15N3O2S. The maximum absolute atomic E-state index is 11.7. The van der Waals surface area contributed by atoms with Crippen LogP contribution in [0.4, 0.5) is 4.79 Å². The van der Waals surface area contributed by atoms with Crippen LogP contribution in [-0.2, 0) is 4.79 Å². The van der Waals surface area contributed by atoms with Crippen molar-refractivity contribution in [1.29, 1.82) is 0 Å². The zero-order valence-corrected chi connectivity index (χ0v) is 9.54. The van der Waals surface area contributed by atoms with Crippen LogP contribution in [0.25, 0.3) is 0 Å². The highest BCUT2D eigenvalue weighted by Crippen LogP contribution is 2.15. The summed E-state index contributed by atoms with van der Waals surface area (Å²) in [4.78, 5) is 26.6. The van der Waals surface area contributed by atoms with Gasteiger partial charge in [-0.25, -0.2) is 4.79 Å². The quantitative estimate of drug-likeness (QED) is 0.598. The van der Waals surface area contributed by atoms with Gasteiger partial charge in [0.25, 0.3) is 0 Å². The summed E-state index contributed by atoms with van der Waals surface area (Å²) in [5, 5.41) is 2.52. The molecule has 0 spiro atoms. The number of carbonyl (C=O) groups excluding carboxylic acids is 2. The number of carbonyl (C=O) groups is 2. The Labute approximate surface area is 94.2 Å². The third-order valence-electron chi connectivity index (χ3n) is 2.90. The molecule has 0 aromatic carbocycles. The summed E-state index contributed by atoms with van der Waals surface area (Å²) >= 11 is 4.13. The average molecular weight is 229 g/mol. The van der Waals surface area contributed by atoms with Crippen LogP contribution in [0.1, 0.15) is 6.92 Å². The Hall–Kier alpha value is -0.910. The first kappa shape index (κ1) is 10.6. The van der Waals surface area contributed by atoms with Crippen LogP contribution in [0.5, 0.6) is 0 Å². The number of rotatable bonds is 1. The Balaban J connectivity index is 1.99. The molecule has 1 N–H and O–H groups in total. The van der Waals surface area contributed by atoms with Crippen molar-refractivity contribution in [3.63, 3.8) is 0 Å². The summed E-state index contributed by atoms with van der Waals surface area (Å²) in [7, 11) is 0. The summed E-state index contributed by atoms with van der Waals surface area (Å²) in [6.07, 6.45) is 0. The van der Waals surface area contributed by atoms with Gasteiger partial charge in [-0.05, 0) is 6.92 Å². The van der Waals surface area contributed by atoms with Crippen molar-refractivity contribution in [1.82, 2.24) is 15.1 Å². The molecule has 3 amide bonds. The fourth-order valence-corrected chi connectivity index (χ4v) is 2.23. The second-order valence-electron chi connectivity index (χ2n) is 3.99. The predicted molar refractivity (Wildman–Crippen MR) is 58.9 cm³/mol. The summed E-state index contributed by atoms with van der Waals surface area (Å²) in [6.45, 7) is 4.29. The van der Waals surface area contributed by atoms with Crippen molar-refractivity contribution in [3.05, 3.63) is 0 Å². The van der Waals surface area contributed by atoms with Gasteiger partial charge in [0, 0.05) is 26.2 Å². The molecule has 0 saturated carbocycles. The van der Waals surface area contributed by atoms with Crippen LogP contribution < -0.4 is 5.32 Å². The van der Waals surface area contributed by atoms with E-state index in [-0.39, 0.29) is 23.2 Å². The minimum Gasteiger partial charge on any atom is -0.338 e. The minimum absolute atomic E-state index is 0.00831. The Morgan fingerprint density at radius 3 is 3.00 bits per heavy atom. The van der Waals surface area contributed by atoms with Crippen molar-refractivity contribution in [2.24, 2.45) is 0 Å². The second-order valence-corrected chi connectivity index (χ2v) is 4.77. The van der Waals surface area contributed by atoms with Crippen molar-refractivity contribution < 1.29 is 9.59 Å². The van der Waals surface area contributed by atoms with E-state index in [9.17, 15) is 9.59 Å². The van der Waals surface area contributed by atoms with E-state index in [0.717, 1.165) is 0 Å². The Kier molecular flexibility index (Phi) is 2.77. The number of nitrogens with one attached hydrogen (secondary N) is 1. The molecule has 0 aliphatic carbocycles. The third-order valence-corrected chi connectivity index (χ3v) is 3.12. The van der Waals surface area contributed by atoms with Crippen molar-refractivity contribution in [2.45, 2.75) is 18.2 Å². The molecule has 0 aromatic heterocycles. The Morgan fingerprint density at radius 2 is 2.33 bits per heavy atom. The van der Waals surface area contributed by atoms with Gasteiger partial charge >= 0.3 is 6.03 Å². The Morgan fingerprint density at radius 1 is 1.60 bits per heavy atom. The molecule has 2 fully saturated rings. The molecule has 84 valence electrons. The van der Waals surface area contributed by atoms with E-state index < -0.39 is 0 Å². The number of hydrogen-bond donors (Lipinski definition) is 2. The summed E-state index contributed by atoms with van der Waals surface area (Å²) in [5.74, 6) is 0.0531.